The van der Waals surface area contributed by atoms with Gasteiger partial charge < -0.3 is 5.11 Å². The van der Waals surface area contributed by atoms with Crippen molar-refractivity contribution in [3.8, 4) is 0 Å². The van der Waals surface area contributed by atoms with Crippen LogP contribution in [0.5, 0.6) is 0 Å². The summed E-state index contributed by atoms with van der Waals surface area (Å²) in [6, 6.07) is 0. The number of hydrogen-bond acceptors (Lipinski definition) is 1. The first kappa shape index (κ1) is 9.04. The molecule has 0 aromatic carbocycles. The average molecular weight is 182 g/mol. The quantitative estimate of drug-likeness (QED) is 0.712. The van der Waals surface area contributed by atoms with Gasteiger partial charge >= 0.3 is 5.97 Å². The standard InChI is InChI=1S/C11H18O2/c1-7-4-8-2-3-9(5-7)10(8)6-11(12)13/h7-10H,2-6H2,1H3,(H,12,13). The first-order valence-corrected chi connectivity index (χ1v) is 5.38. The Hall–Kier alpha value is -0.530. The summed E-state index contributed by atoms with van der Waals surface area (Å²) in [5.74, 6) is 2.20. The molecule has 2 aliphatic carbocycles. The third kappa shape index (κ3) is 1.72. The SMILES string of the molecule is CC1CC2CCC(C1)C2CC(=O)O. The van der Waals surface area contributed by atoms with E-state index in [1.54, 1.807) is 0 Å². The lowest BCUT2D eigenvalue weighted by Gasteiger charge is -2.32. The van der Waals surface area contributed by atoms with Gasteiger partial charge in [0.2, 0.25) is 0 Å². The van der Waals surface area contributed by atoms with E-state index in [0.29, 0.717) is 12.3 Å². The van der Waals surface area contributed by atoms with Crippen LogP contribution in [-0.4, -0.2) is 11.1 Å². The van der Waals surface area contributed by atoms with Gasteiger partial charge in [-0.2, -0.15) is 0 Å². The summed E-state index contributed by atoms with van der Waals surface area (Å²) in [6.45, 7) is 2.31. The van der Waals surface area contributed by atoms with Crippen LogP contribution in [0.2, 0.25) is 0 Å². The fourth-order valence-corrected chi connectivity index (χ4v) is 3.49. The van der Waals surface area contributed by atoms with E-state index in [9.17, 15) is 4.79 Å². The van der Waals surface area contributed by atoms with E-state index in [0.717, 1.165) is 17.8 Å². The number of fused-ring (bicyclic) bond motifs is 2. The Morgan fingerprint density at radius 2 is 1.85 bits per heavy atom. The monoisotopic (exact) mass is 182 g/mol. The smallest absolute Gasteiger partial charge is 0.303 e. The molecule has 1 N–H and O–H groups in total. The van der Waals surface area contributed by atoms with E-state index in [-0.39, 0.29) is 0 Å². The van der Waals surface area contributed by atoms with E-state index in [1.165, 1.54) is 25.7 Å². The molecule has 2 rings (SSSR count). The van der Waals surface area contributed by atoms with Gasteiger partial charge in [-0.1, -0.05) is 6.92 Å². The molecule has 0 saturated heterocycles. The minimum Gasteiger partial charge on any atom is -0.481 e. The average Bonchev–Trinajstić information content (AvgIpc) is 2.32. The zero-order valence-electron chi connectivity index (χ0n) is 8.20. The third-order valence-corrected chi connectivity index (χ3v) is 3.94. The second-order valence-electron chi connectivity index (χ2n) is 4.94. The van der Waals surface area contributed by atoms with E-state index < -0.39 is 5.97 Å². The van der Waals surface area contributed by atoms with Gasteiger partial charge in [0.05, 0.1) is 0 Å². The summed E-state index contributed by atoms with van der Waals surface area (Å²) in [7, 11) is 0. The highest BCUT2D eigenvalue weighted by atomic mass is 16.4. The summed E-state index contributed by atoms with van der Waals surface area (Å²) < 4.78 is 0. The molecule has 0 heterocycles. The first-order chi connectivity index (χ1) is 6.16. The van der Waals surface area contributed by atoms with Crippen LogP contribution in [0, 0.1) is 23.7 Å². The summed E-state index contributed by atoms with van der Waals surface area (Å²) in [5.41, 5.74) is 0. The molecule has 0 aromatic heterocycles. The Kier molecular flexibility index (Phi) is 2.31. The van der Waals surface area contributed by atoms with Gasteiger partial charge in [0.25, 0.3) is 0 Å². The molecule has 2 nitrogen and oxygen atoms in total. The summed E-state index contributed by atoms with van der Waals surface area (Å²) >= 11 is 0. The molecule has 2 heteroatoms. The maximum atomic E-state index is 10.7. The number of carboxylic acids is 1. The predicted molar refractivity (Wildman–Crippen MR) is 50.4 cm³/mol. The maximum absolute atomic E-state index is 10.7. The van der Waals surface area contributed by atoms with Crippen LogP contribution in [0.3, 0.4) is 0 Å². The number of hydrogen-bond donors (Lipinski definition) is 1. The summed E-state index contributed by atoms with van der Waals surface area (Å²) in [6.07, 6.45) is 5.53. The van der Waals surface area contributed by atoms with Gasteiger partial charge in [-0.3, -0.25) is 4.79 Å². The Labute approximate surface area is 79.3 Å². The minimum absolute atomic E-state index is 0.419. The first-order valence-electron chi connectivity index (χ1n) is 5.38. The molecule has 2 bridgehead atoms. The molecular weight excluding hydrogens is 164 g/mol. The third-order valence-electron chi connectivity index (χ3n) is 3.94. The second kappa shape index (κ2) is 3.32. The summed E-state index contributed by atoms with van der Waals surface area (Å²) in [4.78, 5) is 10.7. The molecule has 2 unspecified atom stereocenters. The molecule has 2 aliphatic rings. The molecule has 0 spiro atoms. The molecule has 0 radical (unpaired) electrons. The van der Waals surface area contributed by atoms with Crippen molar-refractivity contribution in [3.63, 3.8) is 0 Å². The lowest BCUT2D eigenvalue weighted by Crippen LogP contribution is -2.26. The molecule has 74 valence electrons. The van der Waals surface area contributed by atoms with Crippen molar-refractivity contribution < 1.29 is 9.90 Å². The van der Waals surface area contributed by atoms with E-state index in [4.69, 9.17) is 5.11 Å². The normalized spacial score (nSPS) is 43.5. The van der Waals surface area contributed by atoms with Crippen LogP contribution in [0.4, 0.5) is 0 Å². The van der Waals surface area contributed by atoms with Crippen LogP contribution in [0.15, 0.2) is 0 Å². The predicted octanol–water partition coefficient (Wildman–Crippen LogP) is 2.53. The molecule has 2 fully saturated rings. The molecule has 0 amide bonds. The lowest BCUT2D eigenvalue weighted by atomic mass is 9.72. The van der Waals surface area contributed by atoms with Crippen molar-refractivity contribution in [2.24, 2.45) is 23.7 Å². The van der Waals surface area contributed by atoms with Crippen LogP contribution >= 0.6 is 0 Å². The van der Waals surface area contributed by atoms with Crippen molar-refractivity contribution in [2.75, 3.05) is 0 Å². The zero-order chi connectivity index (χ0) is 9.42. The lowest BCUT2D eigenvalue weighted by molar-refractivity contribution is -0.139. The van der Waals surface area contributed by atoms with Gasteiger partial charge in [0.1, 0.15) is 0 Å². The molecule has 2 saturated carbocycles. The number of rotatable bonds is 2. The van der Waals surface area contributed by atoms with Crippen molar-refractivity contribution >= 4 is 5.97 Å². The number of aliphatic carboxylic acids is 1. The van der Waals surface area contributed by atoms with Gasteiger partial charge in [-0.15, -0.1) is 0 Å². The van der Waals surface area contributed by atoms with Crippen LogP contribution in [-0.2, 0) is 4.79 Å². The Bertz CT molecular complexity index is 198. The highest BCUT2D eigenvalue weighted by Crippen LogP contribution is 2.50. The Morgan fingerprint density at radius 1 is 1.31 bits per heavy atom. The van der Waals surface area contributed by atoms with Crippen LogP contribution in [0.25, 0.3) is 0 Å². The topological polar surface area (TPSA) is 37.3 Å². The van der Waals surface area contributed by atoms with Crippen molar-refractivity contribution in [1.29, 1.82) is 0 Å². The highest BCUT2D eigenvalue weighted by molar-refractivity contribution is 5.67. The van der Waals surface area contributed by atoms with Gasteiger partial charge in [-0.25, -0.2) is 0 Å². The van der Waals surface area contributed by atoms with Gasteiger partial charge in [0.15, 0.2) is 0 Å². The largest absolute Gasteiger partial charge is 0.481 e. The molecule has 0 aromatic rings. The van der Waals surface area contributed by atoms with Crippen LogP contribution < -0.4 is 0 Å². The summed E-state index contributed by atoms with van der Waals surface area (Å²) in [5, 5.41) is 8.79. The van der Waals surface area contributed by atoms with Crippen LogP contribution in [0.1, 0.15) is 39.0 Å². The molecule has 2 atom stereocenters. The highest BCUT2D eigenvalue weighted by Gasteiger charge is 2.41. The Morgan fingerprint density at radius 3 is 2.31 bits per heavy atom. The molecule has 13 heavy (non-hydrogen) atoms. The van der Waals surface area contributed by atoms with Crippen molar-refractivity contribution in [1.82, 2.24) is 0 Å². The van der Waals surface area contributed by atoms with E-state index in [1.807, 2.05) is 0 Å². The minimum atomic E-state index is -0.601. The molecular formula is C11H18O2. The van der Waals surface area contributed by atoms with Crippen molar-refractivity contribution in [3.05, 3.63) is 0 Å². The van der Waals surface area contributed by atoms with E-state index >= 15 is 0 Å². The number of carboxylic acid groups (broad SMARTS) is 1. The number of carbonyl (C=O) groups is 1. The second-order valence-corrected chi connectivity index (χ2v) is 4.94. The Balaban J connectivity index is 2.02. The zero-order valence-corrected chi connectivity index (χ0v) is 8.20. The van der Waals surface area contributed by atoms with E-state index in [2.05, 4.69) is 6.92 Å². The van der Waals surface area contributed by atoms with Gasteiger partial charge in [-0.05, 0) is 49.4 Å². The molecule has 0 aliphatic heterocycles. The van der Waals surface area contributed by atoms with Gasteiger partial charge in [0, 0.05) is 6.42 Å². The maximum Gasteiger partial charge on any atom is 0.303 e. The van der Waals surface area contributed by atoms with Crippen molar-refractivity contribution in [2.45, 2.75) is 39.0 Å². The fraction of sp³-hybridized carbons (Fsp3) is 0.909. The fourth-order valence-electron chi connectivity index (χ4n) is 3.49.